The van der Waals surface area contributed by atoms with Gasteiger partial charge in [-0.25, -0.2) is 5.09 Å². The molecule has 1 aromatic carbocycles. The number of esters is 1. The van der Waals surface area contributed by atoms with Gasteiger partial charge < -0.3 is 14.0 Å². The van der Waals surface area contributed by atoms with E-state index in [4.69, 9.17) is 14.0 Å². The minimum atomic E-state index is -3.42. The smallest absolute Gasteiger partial charge is 0.342 e. The van der Waals surface area contributed by atoms with E-state index in [1.54, 1.807) is 6.92 Å². The van der Waals surface area contributed by atoms with Crippen LogP contribution in [0, 0.1) is 0 Å². The second-order valence-electron chi connectivity index (χ2n) is 6.22. The van der Waals surface area contributed by atoms with E-state index in [0.29, 0.717) is 5.75 Å². The number of rotatable bonds is 12. The summed E-state index contributed by atoms with van der Waals surface area (Å²) in [4.78, 5) is 11.6. The van der Waals surface area contributed by atoms with E-state index in [1.807, 2.05) is 18.2 Å². The van der Waals surface area contributed by atoms with Crippen LogP contribution >= 0.6 is 7.52 Å². The zero-order valence-electron chi connectivity index (χ0n) is 16.5. The Bertz CT molecular complexity index is 620. The van der Waals surface area contributed by atoms with Crippen LogP contribution in [-0.4, -0.2) is 32.6 Å². The Hall–Kier alpha value is -1.36. The number of nitrogens with one attached hydrogen (secondary N) is 1. The fourth-order valence-electron chi connectivity index (χ4n) is 2.61. The van der Waals surface area contributed by atoms with Gasteiger partial charge in [-0.2, -0.15) is 0 Å². The van der Waals surface area contributed by atoms with Gasteiger partial charge in [0.05, 0.1) is 6.61 Å². The second kappa shape index (κ2) is 11.4. The van der Waals surface area contributed by atoms with E-state index < -0.39 is 13.5 Å². The topological polar surface area (TPSA) is 73.9 Å². The molecule has 0 radical (unpaired) electrons. The largest absolute Gasteiger partial charge is 0.465 e. The quantitative estimate of drug-likeness (QED) is 0.422. The molecule has 0 spiro atoms. The molecular weight excluding hydrogens is 353 g/mol. The van der Waals surface area contributed by atoms with Crippen LogP contribution in [0.2, 0.25) is 0 Å². The second-order valence-corrected chi connectivity index (χ2v) is 8.32. The highest BCUT2D eigenvalue weighted by molar-refractivity contribution is 7.57. The van der Waals surface area contributed by atoms with Crippen molar-refractivity contribution in [1.82, 2.24) is 5.09 Å². The molecule has 2 unspecified atom stereocenters. The number of carbonyl (C=O) groups is 1. The highest BCUT2D eigenvalue weighted by Gasteiger charge is 2.28. The maximum atomic E-state index is 13.2. The van der Waals surface area contributed by atoms with Crippen molar-refractivity contribution in [3.63, 3.8) is 0 Å². The van der Waals surface area contributed by atoms with Crippen molar-refractivity contribution in [2.75, 3.05) is 26.6 Å². The molecule has 0 saturated heterocycles. The van der Waals surface area contributed by atoms with Crippen LogP contribution in [0.4, 0.5) is 0 Å². The molecule has 0 heterocycles. The van der Waals surface area contributed by atoms with Crippen LogP contribution < -0.4 is 9.61 Å². The number of para-hydroxylation sites is 1. The van der Waals surface area contributed by atoms with Crippen molar-refractivity contribution in [1.29, 1.82) is 0 Å². The molecule has 26 heavy (non-hydrogen) atoms. The summed E-state index contributed by atoms with van der Waals surface area (Å²) in [6.07, 6.45) is 2.58. The lowest BCUT2D eigenvalue weighted by atomic mass is 9.94. The Kier molecular flexibility index (Phi) is 9.92. The molecule has 0 aliphatic carbocycles. The van der Waals surface area contributed by atoms with Crippen molar-refractivity contribution in [3.05, 3.63) is 29.3 Å². The van der Waals surface area contributed by atoms with Crippen LogP contribution in [0.3, 0.4) is 0 Å². The lowest BCUT2D eigenvalue weighted by molar-refractivity contribution is -0.141. The molecule has 6 nitrogen and oxygen atoms in total. The van der Waals surface area contributed by atoms with Crippen molar-refractivity contribution >= 4 is 13.5 Å². The van der Waals surface area contributed by atoms with E-state index in [9.17, 15) is 9.36 Å². The third kappa shape index (κ3) is 6.75. The van der Waals surface area contributed by atoms with E-state index >= 15 is 0 Å². The van der Waals surface area contributed by atoms with E-state index in [0.717, 1.165) is 30.4 Å². The molecule has 2 atom stereocenters. The minimum absolute atomic E-state index is 0.132. The van der Waals surface area contributed by atoms with Gasteiger partial charge >= 0.3 is 13.5 Å². The van der Waals surface area contributed by atoms with Gasteiger partial charge in [-0.1, -0.05) is 45.4 Å². The SMILES string of the molecule is CCCc1cccc(C(C)CC)c1OP(=O)(COC)NCC(=O)OCC. The maximum Gasteiger partial charge on any atom is 0.342 e. The molecular formula is C19H32NO5P. The number of ether oxygens (including phenoxy) is 2. The van der Waals surface area contributed by atoms with Gasteiger partial charge in [0.2, 0.25) is 0 Å². The van der Waals surface area contributed by atoms with Gasteiger partial charge in [0, 0.05) is 7.11 Å². The Morgan fingerprint density at radius 3 is 2.58 bits per heavy atom. The molecule has 0 bridgehead atoms. The average molecular weight is 385 g/mol. The highest BCUT2D eigenvalue weighted by atomic mass is 31.2. The Labute approximate surface area is 157 Å². The fourth-order valence-corrected chi connectivity index (χ4v) is 4.04. The first-order chi connectivity index (χ1) is 12.4. The van der Waals surface area contributed by atoms with E-state index in [1.165, 1.54) is 7.11 Å². The predicted octanol–water partition coefficient (Wildman–Crippen LogP) is 4.48. The molecule has 1 rings (SSSR count). The van der Waals surface area contributed by atoms with Crippen LogP contribution in [0.25, 0.3) is 0 Å². The Morgan fingerprint density at radius 2 is 2.00 bits per heavy atom. The Morgan fingerprint density at radius 1 is 1.27 bits per heavy atom. The summed E-state index contributed by atoms with van der Waals surface area (Å²) in [5.41, 5.74) is 2.03. The molecule has 0 saturated carbocycles. The number of hydrogen-bond donors (Lipinski definition) is 1. The number of hydrogen-bond acceptors (Lipinski definition) is 5. The van der Waals surface area contributed by atoms with Gasteiger partial charge in [0.25, 0.3) is 0 Å². The molecule has 1 aromatic rings. The third-order valence-corrected chi connectivity index (χ3v) is 5.81. The number of carbonyl (C=O) groups excluding carboxylic acids is 1. The van der Waals surface area contributed by atoms with Gasteiger partial charge in [-0.3, -0.25) is 9.36 Å². The van der Waals surface area contributed by atoms with Crippen molar-refractivity contribution in [3.8, 4) is 5.75 Å². The molecule has 0 aliphatic heterocycles. The van der Waals surface area contributed by atoms with Gasteiger partial charge in [0.1, 0.15) is 18.6 Å². The van der Waals surface area contributed by atoms with Crippen LogP contribution in [-0.2, 0) is 25.3 Å². The summed E-state index contributed by atoms with van der Waals surface area (Å²) < 4.78 is 29.2. The fraction of sp³-hybridized carbons (Fsp3) is 0.632. The summed E-state index contributed by atoms with van der Waals surface area (Å²) in [7, 11) is -1.97. The van der Waals surface area contributed by atoms with Crippen molar-refractivity contribution in [2.45, 2.75) is 52.9 Å². The number of methoxy groups -OCH3 is 1. The minimum Gasteiger partial charge on any atom is -0.465 e. The van der Waals surface area contributed by atoms with Crippen molar-refractivity contribution in [2.24, 2.45) is 0 Å². The zero-order valence-corrected chi connectivity index (χ0v) is 17.4. The molecule has 0 aromatic heterocycles. The normalized spacial score (nSPS) is 14.5. The standard InChI is InChI=1S/C19H32NO5P/c1-6-10-16-11-9-12-17(15(4)7-2)19(16)25-26(22,14-23-5)20-13-18(21)24-8-3/h9,11-12,15H,6-8,10,13-14H2,1-5H3,(H,20,22). The predicted molar refractivity (Wildman–Crippen MR) is 104 cm³/mol. The lowest BCUT2D eigenvalue weighted by Crippen LogP contribution is -2.26. The maximum absolute atomic E-state index is 13.2. The first-order valence-corrected chi connectivity index (χ1v) is 11.0. The van der Waals surface area contributed by atoms with Gasteiger partial charge in [-0.15, -0.1) is 0 Å². The summed E-state index contributed by atoms with van der Waals surface area (Å²) in [5.74, 6) is 0.430. The third-order valence-electron chi connectivity index (χ3n) is 4.10. The molecule has 7 heteroatoms. The van der Waals surface area contributed by atoms with E-state index in [-0.39, 0.29) is 25.4 Å². The summed E-state index contributed by atoms with van der Waals surface area (Å²) in [6, 6.07) is 6.00. The van der Waals surface area contributed by atoms with Crippen LogP contribution in [0.5, 0.6) is 5.75 Å². The molecule has 1 N–H and O–H groups in total. The van der Waals surface area contributed by atoms with Crippen LogP contribution in [0.15, 0.2) is 18.2 Å². The summed E-state index contributed by atoms with van der Waals surface area (Å²) in [6.45, 7) is 8.12. The zero-order chi connectivity index (χ0) is 19.6. The van der Waals surface area contributed by atoms with Gasteiger partial charge in [-0.05, 0) is 36.8 Å². The summed E-state index contributed by atoms with van der Waals surface area (Å²) >= 11 is 0. The first kappa shape index (κ1) is 22.7. The first-order valence-electron chi connectivity index (χ1n) is 9.20. The Balaban J connectivity index is 3.16. The number of aryl methyl sites for hydroxylation is 1. The molecule has 0 aliphatic rings. The molecule has 148 valence electrons. The molecule has 0 amide bonds. The number of benzene rings is 1. The lowest BCUT2D eigenvalue weighted by Gasteiger charge is -2.25. The highest BCUT2D eigenvalue weighted by Crippen LogP contribution is 2.47. The summed E-state index contributed by atoms with van der Waals surface area (Å²) in [5, 5.41) is 2.72. The van der Waals surface area contributed by atoms with Crippen LogP contribution in [0.1, 0.15) is 57.6 Å². The van der Waals surface area contributed by atoms with Crippen molar-refractivity contribution < 1.29 is 23.4 Å². The monoisotopic (exact) mass is 385 g/mol. The average Bonchev–Trinajstić information content (AvgIpc) is 2.61. The van der Waals surface area contributed by atoms with Gasteiger partial charge in [0.15, 0.2) is 0 Å². The molecule has 0 fully saturated rings. The van der Waals surface area contributed by atoms with E-state index in [2.05, 4.69) is 25.9 Å².